The van der Waals surface area contributed by atoms with E-state index in [-0.39, 0.29) is 0 Å². The van der Waals surface area contributed by atoms with Crippen molar-refractivity contribution in [3.8, 4) is 5.75 Å². The Balaban J connectivity index is 0.000000212. The average Bonchev–Trinajstić information content (AvgIpc) is 2.90. The smallest absolute Gasteiger partial charge is 0.138 e. The third kappa shape index (κ3) is 11.5. The molecule has 2 nitrogen and oxygen atoms in total. The summed E-state index contributed by atoms with van der Waals surface area (Å²) in [5.41, 5.74) is 4.05. The lowest BCUT2D eigenvalue weighted by Crippen LogP contribution is -2.19. The van der Waals surface area contributed by atoms with Crippen molar-refractivity contribution in [2.75, 3.05) is 13.2 Å². The first-order valence-corrected chi connectivity index (χ1v) is 14.4. The molecule has 1 saturated heterocycles. The molecule has 0 saturated carbocycles. The van der Waals surface area contributed by atoms with Crippen LogP contribution in [0.5, 0.6) is 5.75 Å². The Bertz CT molecular complexity index is 880. The summed E-state index contributed by atoms with van der Waals surface area (Å²) in [5, 5.41) is 0.678. The molecule has 1 fully saturated rings. The molecule has 1 aliphatic heterocycles. The Morgan fingerprint density at radius 3 is 2.06 bits per heavy atom. The largest absolute Gasteiger partial charge is 0.487 e. The predicted octanol–water partition coefficient (Wildman–Crippen LogP) is 10.3. The van der Waals surface area contributed by atoms with Crippen LogP contribution in [-0.2, 0) is 11.3 Å². The van der Waals surface area contributed by atoms with Gasteiger partial charge in [-0.05, 0) is 85.5 Å². The van der Waals surface area contributed by atoms with E-state index in [1.165, 1.54) is 44.1 Å². The molecule has 3 heteroatoms. The average molecular weight is 513 g/mol. The minimum Gasteiger partial charge on any atom is -0.487 e. The van der Waals surface area contributed by atoms with Crippen LogP contribution in [0, 0.1) is 17.8 Å². The van der Waals surface area contributed by atoms with Gasteiger partial charge in [0, 0.05) is 13.2 Å². The fourth-order valence-electron chi connectivity index (χ4n) is 4.50. The molecule has 2 aromatic rings. The van der Waals surface area contributed by atoms with Gasteiger partial charge in [0.1, 0.15) is 12.4 Å². The molecule has 0 unspecified atom stereocenters. The van der Waals surface area contributed by atoms with Gasteiger partial charge in [-0.1, -0.05) is 101 Å². The number of ether oxygens (including phenoxy) is 2. The highest BCUT2D eigenvalue weighted by Gasteiger charge is 2.16. The van der Waals surface area contributed by atoms with Gasteiger partial charge in [-0.15, -0.1) is 0 Å². The van der Waals surface area contributed by atoms with E-state index in [4.69, 9.17) is 21.1 Å². The van der Waals surface area contributed by atoms with E-state index in [0.29, 0.717) is 17.5 Å². The van der Waals surface area contributed by atoms with Crippen molar-refractivity contribution in [1.82, 2.24) is 0 Å². The molecule has 0 amide bonds. The van der Waals surface area contributed by atoms with E-state index in [1.807, 2.05) is 42.5 Å². The van der Waals surface area contributed by atoms with Gasteiger partial charge in [0.15, 0.2) is 0 Å². The van der Waals surface area contributed by atoms with E-state index < -0.39 is 0 Å². The quantitative estimate of drug-likeness (QED) is 0.358. The maximum Gasteiger partial charge on any atom is 0.138 e. The molecule has 4 rings (SSSR count). The summed E-state index contributed by atoms with van der Waals surface area (Å²) in [4.78, 5) is 0. The standard InChI is InChI=1S/C16H17ClO.C9H16.C8H16O/c1-12(2)14-8-9-16(15(17)10-14)18-11-13-6-4-3-5-7-13;1-8(2)9-6-4-3-5-7-9;1-7(2)8-3-5-9-6-4-8/h3-10,12H,11H2,1-2H3;6,8H,3-5,7H2,1-2H3;7-8H,3-6H2,1-2H3. The molecule has 1 aliphatic carbocycles. The number of hydrogen-bond donors (Lipinski definition) is 0. The number of halogens is 1. The molecule has 1 heterocycles. The molecule has 0 aromatic heterocycles. The number of hydrogen-bond acceptors (Lipinski definition) is 2. The van der Waals surface area contributed by atoms with Crippen molar-refractivity contribution in [3.63, 3.8) is 0 Å². The maximum atomic E-state index is 6.21. The van der Waals surface area contributed by atoms with Crippen LogP contribution in [0.2, 0.25) is 5.02 Å². The van der Waals surface area contributed by atoms with Crippen molar-refractivity contribution in [1.29, 1.82) is 0 Å². The van der Waals surface area contributed by atoms with E-state index in [0.717, 1.165) is 42.3 Å². The molecule has 0 spiro atoms. The van der Waals surface area contributed by atoms with Crippen LogP contribution in [0.15, 0.2) is 60.2 Å². The number of rotatable bonds is 6. The fourth-order valence-corrected chi connectivity index (χ4v) is 4.74. The van der Waals surface area contributed by atoms with Gasteiger partial charge in [0.2, 0.25) is 0 Å². The molecule has 0 bridgehead atoms. The van der Waals surface area contributed by atoms with Gasteiger partial charge in [0.25, 0.3) is 0 Å². The molecule has 36 heavy (non-hydrogen) atoms. The molecule has 0 atom stereocenters. The molecule has 0 N–H and O–H groups in total. The summed E-state index contributed by atoms with van der Waals surface area (Å²) in [5.74, 6) is 3.80. The van der Waals surface area contributed by atoms with Crippen LogP contribution in [-0.4, -0.2) is 13.2 Å². The van der Waals surface area contributed by atoms with E-state index in [1.54, 1.807) is 5.57 Å². The molecule has 2 aliphatic rings. The first-order valence-electron chi connectivity index (χ1n) is 14.0. The van der Waals surface area contributed by atoms with E-state index in [2.05, 4.69) is 53.7 Å². The second kappa shape index (κ2) is 16.9. The summed E-state index contributed by atoms with van der Waals surface area (Å²) in [6.07, 6.45) is 10.5. The van der Waals surface area contributed by atoms with Crippen molar-refractivity contribution in [3.05, 3.63) is 76.3 Å². The SMILES string of the molecule is CC(C)C1=CCCCC1.CC(C)C1CCOCC1.CC(C)c1ccc(OCc2ccccc2)c(Cl)c1. The van der Waals surface area contributed by atoms with E-state index >= 15 is 0 Å². The monoisotopic (exact) mass is 512 g/mol. The van der Waals surface area contributed by atoms with Crippen LogP contribution in [0.4, 0.5) is 0 Å². The van der Waals surface area contributed by atoms with Crippen LogP contribution >= 0.6 is 11.6 Å². The van der Waals surface area contributed by atoms with Crippen LogP contribution in [0.3, 0.4) is 0 Å². The van der Waals surface area contributed by atoms with Gasteiger partial charge in [-0.2, -0.15) is 0 Å². The highest BCUT2D eigenvalue weighted by molar-refractivity contribution is 6.32. The van der Waals surface area contributed by atoms with Crippen LogP contribution in [0.25, 0.3) is 0 Å². The second-order valence-electron chi connectivity index (χ2n) is 11.0. The topological polar surface area (TPSA) is 18.5 Å². The van der Waals surface area contributed by atoms with Gasteiger partial charge < -0.3 is 9.47 Å². The third-order valence-corrected chi connectivity index (χ3v) is 7.43. The highest BCUT2D eigenvalue weighted by atomic mass is 35.5. The number of benzene rings is 2. The zero-order valence-electron chi connectivity index (χ0n) is 23.6. The molecular formula is C33H49ClO2. The lowest BCUT2D eigenvalue weighted by Gasteiger charge is -2.24. The summed E-state index contributed by atoms with van der Waals surface area (Å²) < 4.78 is 11.0. The molecular weight excluding hydrogens is 464 g/mol. The lowest BCUT2D eigenvalue weighted by molar-refractivity contribution is 0.0523. The second-order valence-corrected chi connectivity index (χ2v) is 11.4. The van der Waals surface area contributed by atoms with Crippen LogP contribution < -0.4 is 4.74 Å². The molecule has 200 valence electrons. The predicted molar refractivity (Wildman–Crippen MR) is 156 cm³/mol. The van der Waals surface area contributed by atoms with Gasteiger partial charge in [0.05, 0.1) is 5.02 Å². The molecule has 0 radical (unpaired) electrons. The first-order chi connectivity index (χ1) is 17.3. The maximum absolute atomic E-state index is 6.21. The fraction of sp³-hybridized carbons (Fsp3) is 0.576. The Morgan fingerprint density at radius 1 is 0.889 bits per heavy atom. The lowest BCUT2D eigenvalue weighted by atomic mass is 9.89. The van der Waals surface area contributed by atoms with Gasteiger partial charge in [-0.3, -0.25) is 0 Å². The van der Waals surface area contributed by atoms with Gasteiger partial charge in [-0.25, -0.2) is 0 Å². The van der Waals surface area contributed by atoms with Crippen LogP contribution in [0.1, 0.15) is 97.1 Å². The van der Waals surface area contributed by atoms with Crippen molar-refractivity contribution in [2.24, 2.45) is 17.8 Å². The normalized spacial score (nSPS) is 16.1. The number of allylic oxidation sites excluding steroid dienone is 2. The Morgan fingerprint density at radius 2 is 1.58 bits per heavy atom. The summed E-state index contributed by atoms with van der Waals surface area (Å²) in [7, 11) is 0. The Hall–Kier alpha value is -1.77. The summed E-state index contributed by atoms with van der Waals surface area (Å²) >= 11 is 6.21. The van der Waals surface area contributed by atoms with Gasteiger partial charge >= 0.3 is 0 Å². The van der Waals surface area contributed by atoms with Crippen molar-refractivity contribution in [2.45, 2.75) is 92.6 Å². The van der Waals surface area contributed by atoms with E-state index in [9.17, 15) is 0 Å². The summed E-state index contributed by atoms with van der Waals surface area (Å²) in [6.45, 7) is 16.0. The third-order valence-electron chi connectivity index (χ3n) is 7.14. The van der Waals surface area contributed by atoms with Crippen molar-refractivity contribution >= 4 is 11.6 Å². The minimum absolute atomic E-state index is 0.477. The summed E-state index contributed by atoms with van der Waals surface area (Å²) in [6, 6.07) is 16.1. The zero-order chi connectivity index (χ0) is 26.3. The zero-order valence-corrected chi connectivity index (χ0v) is 24.3. The minimum atomic E-state index is 0.477. The highest BCUT2D eigenvalue weighted by Crippen LogP contribution is 2.29. The Kier molecular flexibility index (Phi) is 14.3. The Labute approximate surface area is 226 Å². The van der Waals surface area contributed by atoms with Crippen molar-refractivity contribution < 1.29 is 9.47 Å². The molecule has 2 aromatic carbocycles. The first kappa shape index (κ1) is 30.5.